The molecule has 0 fully saturated rings. The van der Waals surface area contributed by atoms with Crippen molar-refractivity contribution in [2.75, 3.05) is 11.9 Å². The second kappa shape index (κ2) is 6.91. The molecule has 2 aromatic rings. The number of carbonyl (C=O) groups excluding carboxylic acids is 1. The molecule has 1 aromatic carbocycles. The predicted molar refractivity (Wildman–Crippen MR) is 79.4 cm³/mol. The summed E-state index contributed by atoms with van der Waals surface area (Å²) < 4.78 is 5.46. The molecule has 1 amide bonds. The first-order valence-corrected chi connectivity index (χ1v) is 6.72. The van der Waals surface area contributed by atoms with Crippen LogP contribution in [-0.4, -0.2) is 17.5 Å². The first-order valence-electron chi connectivity index (χ1n) is 6.35. The molecule has 0 radical (unpaired) electrons. The number of benzene rings is 1. The number of nitrogens with zero attached hydrogens (tertiary/aromatic N) is 1. The van der Waals surface area contributed by atoms with Crippen molar-refractivity contribution in [1.29, 1.82) is 0 Å². The van der Waals surface area contributed by atoms with Crippen LogP contribution in [-0.2, 0) is 0 Å². The van der Waals surface area contributed by atoms with Crippen LogP contribution in [0.3, 0.4) is 0 Å². The average Bonchev–Trinajstić information content (AvgIpc) is 2.48. The molecule has 1 aromatic heterocycles. The van der Waals surface area contributed by atoms with Crippen molar-refractivity contribution in [2.45, 2.75) is 13.3 Å². The number of ether oxygens (including phenoxy) is 1. The van der Waals surface area contributed by atoms with Gasteiger partial charge in [-0.15, -0.1) is 0 Å². The number of anilines is 1. The van der Waals surface area contributed by atoms with E-state index in [0.717, 1.165) is 12.2 Å². The highest BCUT2D eigenvalue weighted by Gasteiger charge is 2.06. The molecule has 104 valence electrons. The van der Waals surface area contributed by atoms with Crippen molar-refractivity contribution < 1.29 is 9.53 Å². The summed E-state index contributed by atoms with van der Waals surface area (Å²) in [5.41, 5.74) is 1.16. The zero-order valence-corrected chi connectivity index (χ0v) is 11.9. The van der Waals surface area contributed by atoms with Crippen LogP contribution in [0, 0.1) is 0 Å². The Morgan fingerprint density at radius 3 is 2.60 bits per heavy atom. The number of aromatic nitrogens is 1. The van der Waals surface area contributed by atoms with E-state index >= 15 is 0 Å². The molecule has 0 aliphatic rings. The van der Waals surface area contributed by atoms with Gasteiger partial charge in [0.05, 0.1) is 18.5 Å². The second-order valence-corrected chi connectivity index (χ2v) is 4.58. The summed E-state index contributed by atoms with van der Waals surface area (Å²) in [6.07, 6.45) is 2.46. The summed E-state index contributed by atoms with van der Waals surface area (Å²) in [7, 11) is 0. The zero-order chi connectivity index (χ0) is 14.4. The lowest BCUT2D eigenvalue weighted by Crippen LogP contribution is -2.11. The first kappa shape index (κ1) is 14.3. The summed E-state index contributed by atoms with van der Waals surface area (Å²) in [5, 5.41) is 3.14. The smallest absolute Gasteiger partial charge is 0.255 e. The maximum atomic E-state index is 12.0. The van der Waals surface area contributed by atoms with Crippen molar-refractivity contribution in [3.8, 4) is 5.75 Å². The molecule has 0 unspecified atom stereocenters. The molecule has 0 spiro atoms. The highest BCUT2D eigenvalue weighted by molar-refractivity contribution is 6.29. The Morgan fingerprint density at radius 1 is 1.25 bits per heavy atom. The van der Waals surface area contributed by atoms with Gasteiger partial charge in [-0.05, 0) is 42.8 Å². The molecule has 0 atom stereocenters. The Morgan fingerprint density at radius 2 is 2.00 bits per heavy atom. The number of halogens is 1. The highest BCUT2D eigenvalue weighted by Crippen LogP contribution is 2.15. The summed E-state index contributed by atoms with van der Waals surface area (Å²) in [6, 6.07) is 10.3. The predicted octanol–water partition coefficient (Wildman–Crippen LogP) is 3.78. The Hall–Kier alpha value is -2.07. The largest absolute Gasteiger partial charge is 0.494 e. The van der Waals surface area contributed by atoms with Crippen LogP contribution >= 0.6 is 11.6 Å². The van der Waals surface area contributed by atoms with Gasteiger partial charge in [-0.1, -0.05) is 18.5 Å². The summed E-state index contributed by atoms with van der Waals surface area (Å²) in [6.45, 7) is 2.71. The van der Waals surface area contributed by atoms with Gasteiger partial charge >= 0.3 is 0 Å². The van der Waals surface area contributed by atoms with E-state index in [1.54, 1.807) is 36.4 Å². The molecule has 0 saturated carbocycles. The van der Waals surface area contributed by atoms with E-state index in [0.29, 0.717) is 23.0 Å². The lowest BCUT2D eigenvalue weighted by molar-refractivity contribution is 0.102. The van der Waals surface area contributed by atoms with Crippen molar-refractivity contribution in [3.05, 3.63) is 53.3 Å². The van der Waals surface area contributed by atoms with Crippen LogP contribution in [0.5, 0.6) is 5.75 Å². The molecule has 4 nitrogen and oxygen atoms in total. The average molecular weight is 291 g/mol. The topological polar surface area (TPSA) is 51.2 Å². The van der Waals surface area contributed by atoms with Crippen LogP contribution in [0.15, 0.2) is 42.6 Å². The number of carbonyl (C=O) groups is 1. The minimum atomic E-state index is -0.198. The quantitative estimate of drug-likeness (QED) is 0.853. The summed E-state index contributed by atoms with van der Waals surface area (Å²) in [5.74, 6) is 0.563. The van der Waals surface area contributed by atoms with Crippen molar-refractivity contribution in [1.82, 2.24) is 4.98 Å². The Kier molecular flexibility index (Phi) is 4.96. The van der Waals surface area contributed by atoms with Gasteiger partial charge in [0, 0.05) is 5.56 Å². The van der Waals surface area contributed by atoms with Crippen molar-refractivity contribution in [3.63, 3.8) is 0 Å². The van der Waals surface area contributed by atoms with E-state index in [2.05, 4.69) is 10.3 Å². The van der Waals surface area contributed by atoms with Gasteiger partial charge in [0.1, 0.15) is 10.9 Å². The molecular formula is C15H15ClN2O2. The van der Waals surface area contributed by atoms with Crippen LogP contribution in [0.1, 0.15) is 23.7 Å². The van der Waals surface area contributed by atoms with Crippen LogP contribution in [0.4, 0.5) is 5.69 Å². The lowest BCUT2D eigenvalue weighted by atomic mass is 10.2. The minimum absolute atomic E-state index is 0.198. The normalized spacial score (nSPS) is 10.1. The fraction of sp³-hybridized carbons (Fsp3) is 0.200. The molecule has 0 bridgehead atoms. The molecule has 0 saturated heterocycles. The Labute approximate surface area is 122 Å². The summed E-state index contributed by atoms with van der Waals surface area (Å²) >= 11 is 5.69. The molecule has 5 heteroatoms. The van der Waals surface area contributed by atoms with Gasteiger partial charge in [-0.25, -0.2) is 4.98 Å². The van der Waals surface area contributed by atoms with E-state index in [4.69, 9.17) is 16.3 Å². The fourth-order valence-electron chi connectivity index (χ4n) is 1.58. The molecule has 2 rings (SSSR count). The van der Waals surface area contributed by atoms with Crippen LogP contribution < -0.4 is 10.1 Å². The van der Waals surface area contributed by atoms with E-state index in [9.17, 15) is 4.79 Å². The maximum Gasteiger partial charge on any atom is 0.255 e. The fourth-order valence-corrected chi connectivity index (χ4v) is 1.69. The SMILES string of the molecule is CCCOc1ccc(C(=O)Nc2ccc(Cl)nc2)cc1. The number of amides is 1. The number of nitrogens with one attached hydrogen (secondary N) is 1. The third-order valence-corrected chi connectivity index (χ3v) is 2.80. The standard InChI is InChI=1S/C15H15ClN2O2/c1-2-9-20-13-6-3-11(4-7-13)15(19)18-12-5-8-14(16)17-10-12/h3-8,10H,2,9H2,1H3,(H,18,19). The number of hydrogen-bond acceptors (Lipinski definition) is 3. The van der Waals surface area contributed by atoms with Gasteiger partial charge < -0.3 is 10.1 Å². The van der Waals surface area contributed by atoms with Crippen molar-refractivity contribution in [2.24, 2.45) is 0 Å². The molecule has 20 heavy (non-hydrogen) atoms. The first-order chi connectivity index (χ1) is 9.69. The maximum absolute atomic E-state index is 12.0. The van der Waals surface area contributed by atoms with Gasteiger partial charge in [0.2, 0.25) is 0 Å². The molecule has 1 heterocycles. The van der Waals surface area contributed by atoms with Gasteiger partial charge in [-0.2, -0.15) is 0 Å². The van der Waals surface area contributed by atoms with E-state index in [-0.39, 0.29) is 5.91 Å². The molecule has 0 aliphatic carbocycles. The van der Waals surface area contributed by atoms with Crippen LogP contribution in [0.25, 0.3) is 0 Å². The number of pyridine rings is 1. The van der Waals surface area contributed by atoms with E-state index < -0.39 is 0 Å². The Bertz CT molecular complexity index is 567. The third kappa shape index (κ3) is 3.96. The molecular weight excluding hydrogens is 276 g/mol. The Balaban J connectivity index is 2.00. The van der Waals surface area contributed by atoms with E-state index in [1.165, 1.54) is 6.20 Å². The van der Waals surface area contributed by atoms with Gasteiger partial charge in [0.15, 0.2) is 0 Å². The lowest BCUT2D eigenvalue weighted by Gasteiger charge is -2.07. The second-order valence-electron chi connectivity index (χ2n) is 4.20. The zero-order valence-electron chi connectivity index (χ0n) is 11.1. The monoisotopic (exact) mass is 290 g/mol. The van der Waals surface area contributed by atoms with E-state index in [1.807, 2.05) is 6.92 Å². The molecule has 0 aliphatic heterocycles. The van der Waals surface area contributed by atoms with Gasteiger partial charge in [-0.3, -0.25) is 4.79 Å². The van der Waals surface area contributed by atoms with Crippen LogP contribution in [0.2, 0.25) is 5.15 Å². The third-order valence-electron chi connectivity index (χ3n) is 2.57. The minimum Gasteiger partial charge on any atom is -0.494 e. The van der Waals surface area contributed by atoms with Gasteiger partial charge in [0.25, 0.3) is 5.91 Å². The molecule has 1 N–H and O–H groups in total. The van der Waals surface area contributed by atoms with Crippen molar-refractivity contribution >= 4 is 23.2 Å². The summed E-state index contributed by atoms with van der Waals surface area (Å²) in [4.78, 5) is 15.9. The number of hydrogen-bond donors (Lipinski definition) is 1. The highest BCUT2D eigenvalue weighted by atomic mass is 35.5. The number of rotatable bonds is 5.